The number of aryl methyl sites for hydroxylation is 2. The zero-order valence-corrected chi connectivity index (χ0v) is 15.0. The first-order valence-electron chi connectivity index (χ1n) is 8.69. The summed E-state index contributed by atoms with van der Waals surface area (Å²) in [6.07, 6.45) is 3.29. The number of anilines is 3. The highest BCUT2D eigenvalue weighted by molar-refractivity contribution is 5.64. The van der Waals surface area contributed by atoms with E-state index in [4.69, 9.17) is 0 Å². The fourth-order valence-corrected chi connectivity index (χ4v) is 2.74. The summed E-state index contributed by atoms with van der Waals surface area (Å²) in [5.41, 5.74) is 4.50. The minimum Gasteiger partial charge on any atom is -0.353 e. The first-order valence-corrected chi connectivity index (χ1v) is 8.69. The highest BCUT2D eigenvalue weighted by Gasteiger charge is 2.07. The van der Waals surface area contributed by atoms with Crippen LogP contribution in [0, 0.1) is 12.7 Å². The van der Waals surface area contributed by atoms with Gasteiger partial charge in [0, 0.05) is 12.2 Å². The van der Waals surface area contributed by atoms with Gasteiger partial charge in [-0.05, 0) is 48.6 Å². The standard InChI is InChI=1S/C20H22FN5/c1-3-16-6-4-5-14(2)19(16)24-18-13-23-26-20(25-18)22-12-11-15-7-9-17(21)10-8-15/h4-10,13H,3,11-12H2,1-2H3,(H2,22,24,25,26). The van der Waals surface area contributed by atoms with Gasteiger partial charge in [-0.1, -0.05) is 37.3 Å². The van der Waals surface area contributed by atoms with Crippen molar-refractivity contribution in [1.82, 2.24) is 15.2 Å². The van der Waals surface area contributed by atoms with Crippen molar-refractivity contribution in [3.05, 3.63) is 71.2 Å². The average molecular weight is 351 g/mol. The Labute approximate surface area is 152 Å². The largest absolute Gasteiger partial charge is 0.353 e. The van der Waals surface area contributed by atoms with Crippen LogP contribution in [0.5, 0.6) is 0 Å². The summed E-state index contributed by atoms with van der Waals surface area (Å²) in [5, 5.41) is 14.5. The molecule has 0 unspecified atom stereocenters. The molecule has 0 atom stereocenters. The summed E-state index contributed by atoms with van der Waals surface area (Å²) in [4.78, 5) is 4.47. The van der Waals surface area contributed by atoms with Crippen molar-refractivity contribution >= 4 is 17.5 Å². The number of para-hydroxylation sites is 1. The third kappa shape index (κ3) is 4.53. The van der Waals surface area contributed by atoms with Crippen LogP contribution < -0.4 is 10.6 Å². The lowest BCUT2D eigenvalue weighted by atomic mass is 10.1. The van der Waals surface area contributed by atoms with Crippen molar-refractivity contribution in [1.29, 1.82) is 0 Å². The van der Waals surface area contributed by atoms with Gasteiger partial charge in [0.25, 0.3) is 0 Å². The first kappa shape index (κ1) is 17.8. The third-order valence-electron chi connectivity index (χ3n) is 4.16. The van der Waals surface area contributed by atoms with Crippen LogP contribution in [0.15, 0.2) is 48.7 Å². The number of halogens is 1. The van der Waals surface area contributed by atoms with E-state index < -0.39 is 0 Å². The quantitative estimate of drug-likeness (QED) is 0.665. The lowest BCUT2D eigenvalue weighted by molar-refractivity contribution is 0.627. The average Bonchev–Trinajstić information content (AvgIpc) is 2.65. The zero-order valence-electron chi connectivity index (χ0n) is 15.0. The number of hydrogen-bond donors (Lipinski definition) is 2. The molecule has 0 fully saturated rings. The molecule has 0 saturated carbocycles. The van der Waals surface area contributed by atoms with Crippen molar-refractivity contribution in [3.8, 4) is 0 Å². The first-order chi connectivity index (χ1) is 12.7. The number of hydrogen-bond acceptors (Lipinski definition) is 5. The highest BCUT2D eigenvalue weighted by atomic mass is 19.1. The van der Waals surface area contributed by atoms with E-state index in [9.17, 15) is 4.39 Å². The Balaban J connectivity index is 1.64. The van der Waals surface area contributed by atoms with Gasteiger partial charge in [-0.25, -0.2) is 4.39 Å². The van der Waals surface area contributed by atoms with E-state index in [1.807, 2.05) is 0 Å². The summed E-state index contributed by atoms with van der Waals surface area (Å²) in [6, 6.07) is 12.7. The summed E-state index contributed by atoms with van der Waals surface area (Å²) < 4.78 is 12.9. The van der Waals surface area contributed by atoms with Gasteiger partial charge in [0.2, 0.25) is 5.95 Å². The van der Waals surface area contributed by atoms with E-state index in [1.54, 1.807) is 18.3 Å². The van der Waals surface area contributed by atoms with E-state index in [-0.39, 0.29) is 5.82 Å². The Hall–Kier alpha value is -3.02. The Morgan fingerprint density at radius 2 is 1.88 bits per heavy atom. The van der Waals surface area contributed by atoms with Crippen molar-refractivity contribution < 1.29 is 4.39 Å². The second kappa shape index (κ2) is 8.38. The van der Waals surface area contributed by atoms with Gasteiger partial charge in [-0.3, -0.25) is 0 Å². The van der Waals surface area contributed by atoms with Crippen molar-refractivity contribution in [2.75, 3.05) is 17.2 Å². The fraction of sp³-hybridized carbons (Fsp3) is 0.250. The number of rotatable bonds is 7. The van der Waals surface area contributed by atoms with E-state index in [1.165, 1.54) is 17.7 Å². The lowest BCUT2D eigenvalue weighted by Gasteiger charge is -2.13. The molecule has 3 rings (SSSR count). The molecule has 0 amide bonds. The molecule has 0 saturated heterocycles. The molecule has 1 aromatic heterocycles. The molecule has 0 radical (unpaired) electrons. The van der Waals surface area contributed by atoms with Crippen molar-refractivity contribution in [2.45, 2.75) is 26.7 Å². The molecular weight excluding hydrogens is 329 g/mol. The number of aromatic nitrogens is 3. The summed E-state index contributed by atoms with van der Waals surface area (Å²) in [7, 11) is 0. The van der Waals surface area contributed by atoms with Gasteiger partial charge in [-0.2, -0.15) is 10.1 Å². The van der Waals surface area contributed by atoms with Gasteiger partial charge in [0.1, 0.15) is 5.82 Å². The molecule has 3 aromatic rings. The van der Waals surface area contributed by atoms with Crippen LogP contribution in [0.4, 0.5) is 21.8 Å². The van der Waals surface area contributed by atoms with Crippen LogP contribution in [-0.4, -0.2) is 21.7 Å². The van der Waals surface area contributed by atoms with Gasteiger partial charge in [0.15, 0.2) is 5.82 Å². The van der Waals surface area contributed by atoms with E-state index in [2.05, 4.69) is 57.9 Å². The highest BCUT2D eigenvalue weighted by Crippen LogP contribution is 2.24. The van der Waals surface area contributed by atoms with Crippen LogP contribution in [0.3, 0.4) is 0 Å². The van der Waals surface area contributed by atoms with Gasteiger partial charge >= 0.3 is 0 Å². The van der Waals surface area contributed by atoms with Crippen LogP contribution in [0.2, 0.25) is 0 Å². The molecule has 5 nitrogen and oxygen atoms in total. The number of nitrogens with one attached hydrogen (secondary N) is 2. The topological polar surface area (TPSA) is 62.7 Å². The Kier molecular flexibility index (Phi) is 5.73. The zero-order chi connectivity index (χ0) is 18.4. The third-order valence-corrected chi connectivity index (χ3v) is 4.16. The van der Waals surface area contributed by atoms with Crippen LogP contribution >= 0.6 is 0 Å². The SMILES string of the molecule is CCc1cccc(C)c1Nc1cnnc(NCCc2ccc(F)cc2)n1. The van der Waals surface area contributed by atoms with Crippen LogP contribution in [0.1, 0.15) is 23.6 Å². The molecule has 0 aliphatic rings. The molecule has 2 N–H and O–H groups in total. The Bertz CT molecular complexity index is 864. The summed E-state index contributed by atoms with van der Waals surface area (Å²) in [6.45, 7) is 4.83. The maximum absolute atomic E-state index is 12.9. The Morgan fingerprint density at radius 1 is 1.08 bits per heavy atom. The van der Waals surface area contributed by atoms with Crippen molar-refractivity contribution in [3.63, 3.8) is 0 Å². The monoisotopic (exact) mass is 351 g/mol. The smallest absolute Gasteiger partial charge is 0.244 e. The minimum atomic E-state index is -0.226. The van der Waals surface area contributed by atoms with Gasteiger partial charge < -0.3 is 10.6 Å². The molecule has 6 heteroatoms. The Morgan fingerprint density at radius 3 is 2.65 bits per heavy atom. The van der Waals surface area contributed by atoms with Gasteiger partial charge in [-0.15, -0.1) is 5.10 Å². The minimum absolute atomic E-state index is 0.226. The maximum Gasteiger partial charge on any atom is 0.244 e. The number of nitrogens with zero attached hydrogens (tertiary/aromatic N) is 3. The molecule has 0 aliphatic heterocycles. The normalized spacial score (nSPS) is 10.6. The van der Waals surface area contributed by atoms with Gasteiger partial charge in [0.05, 0.1) is 6.20 Å². The van der Waals surface area contributed by atoms with Crippen molar-refractivity contribution in [2.24, 2.45) is 0 Å². The van der Waals surface area contributed by atoms with E-state index in [0.29, 0.717) is 18.3 Å². The molecule has 0 spiro atoms. The number of benzene rings is 2. The molecule has 0 bridgehead atoms. The van der Waals surface area contributed by atoms with Crippen LogP contribution in [-0.2, 0) is 12.8 Å². The van der Waals surface area contributed by atoms with E-state index >= 15 is 0 Å². The van der Waals surface area contributed by atoms with E-state index in [0.717, 1.165) is 29.7 Å². The maximum atomic E-state index is 12.9. The molecule has 1 heterocycles. The summed E-state index contributed by atoms with van der Waals surface area (Å²) >= 11 is 0. The fourth-order valence-electron chi connectivity index (χ4n) is 2.74. The second-order valence-electron chi connectivity index (χ2n) is 6.06. The molecule has 26 heavy (non-hydrogen) atoms. The lowest BCUT2D eigenvalue weighted by Crippen LogP contribution is -2.10. The second-order valence-corrected chi connectivity index (χ2v) is 6.06. The predicted octanol–water partition coefficient (Wildman–Crippen LogP) is 4.28. The molecule has 0 aliphatic carbocycles. The molecule has 134 valence electrons. The summed E-state index contributed by atoms with van der Waals surface area (Å²) in [5.74, 6) is 0.882. The van der Waals surface area contributed by atoms with Crippen LogP contribution in [0.25, 0.3) is 0 Å². The molecule has 2 aromatic carbocycles. The molecular formula is C20H22FN5. The predicted molar refractivity (Wildman–Crippen MR) is 102 cm³/mol.